The number of hydrogen-bond acceptors (Lipinski definition) is 3. The van der Waals surface area contributed by atoms with Crippen molar-refractivity contribution in [2.24, 2.45) is 0 Å². The molecule has 0 amide bonds. The maximum Gasteiger partial charge on any atom is 0.242 e. The van der Waals surface area contributed by atoms with Gasteiger partial charge in [-0.1, -0.05) is 23.7 Å². The summed E-state index contributed by atoms with van der Waals surface area (Å²) in [6.07, 6.45) is 0. The molecule has 7 heteroatoms. The van der Waals surface area contributed by atoms with Crippen molar-refractivity contribution in [3.63, 3.8) is 0 Å². The van der Waals surface area contributed by atoms with Crippen LogP contribution in [0.3, 0.4) is 0 Å². The van der Waals surface area contributed by atoms with Crippen LogP contribution in [-0.4, -0.2) is 8.42 Å². The quantitative estimate of drug-likeness (QED) is 0.873. The molecule has 0 saturated carbocycles. The first-order valence-electron chi connectivity index (χ1n) is 5.38. The highest BCUT2D eigenvalue weighted by atomic mass is 79.9. The predicted molar refractivity (Wildman–Crippen MR) is 82.2 cm³/mol. The molecule has 19 heavy (non-hydrogen) atoms. The molecule has 0 spiro atoms. The van der Waals surface area contributed by atoms with Gasteiger partial charge in [-0.05, 0) is 46.6 Å². The highest BCUT2D eigenvalue weighted by Crippen LogP contribution is 2.29. The van der Waals surface area contributed by atoms with Crippen molar-refractivity contribution < 1.29 is 8.42 Å². The summed E-state index contributed by atoms with van der Waals surface area (Å²) in [4.78, 5) is 1.08. The maximum atomic E-state index is 12.2. The van der Waals surface area contributed by atoms with Crippen molar-refractivity contribution >= 4 is 48.9 Å². The van der Waals surface area contributed by atoms with Gasteiger partial charge in [-0.15, -0.1) is 11.3 Å². The van der Waals surface area contributed by atoms with Gasteiger partial charge < -0.3 is 0 Å². The van der Waals surface area contributed by atoms with Crippen LogP contribution in [0.1, 0.15) is 10.4 Å². The molecule has 0 atom stereocenters. The van der Waals surface area contributed by atoms with Gasteiger partial charge in [0.15, 0.2) is 0 Å². The van der Waals surface area contributed by atoms with E-state index in [0.717, 1.165) is 14.2 Å². The van der Waals surface area contributed by atoms with Gasteiger partial charge in [0, 0.05) is 16.4 Å². The standard InChI is InChI=1S/C12H11BrClNO2S2/c1-8-11(6-12(13)18-8)19(16,17)15-7-9-2-4-10(14)5-3-9/h2-6,15H,7H2,1H3. The number of benzene rings is 1. The topological polar surface area (TPSA) is 46.2 Å². The summed E-state index contributed by atoms with van der Waals surface area (Å²) >= 11 is 10.5. The molecule has 0 unspecified atom stereocenters. The lowest BCUT2D eigenvalue weighted by Gasteiger charge is -2.06. The molecule has 0 saturated heterocycles. The molecular formula is C12H11BrClNO2S2. The van der Waals surface area contributed by atoms with Gasteiger partial charge in [-0.25, -0.2) is 13.1 Å². The molecule has 2 rings (SSSR count). The predicted octanol–water partition coefficient (Wildman–Crippen LogP) is 3.95. The van der Waals surface area contributed by atoms with Crippen LogP contribution < -0.4 is 4.72 Å². The Morgan fingerprint density at radius 3 is 2.47 bits per heavy atom. The first-order valence-corrected chi connectivity index (χ1v) is 8.85. The normalized spacial score (nSPS) is 11.7. The van der Waals surface area contributed by atoms with Crippen LogP contribution in [0.5, 0.6) is 0 Å². The third-order valence-corrected chi connectivity index (χ3v) is 5.97. The van der Waals surface area contributed by atoms with Gasteiger partial charge in [0.1, 0.15) is 0 Å². The molecule has 0 aliphatic carbocycles. The Morgan fingerprint density at radius 2 is 1.95 bits per heavy atom. The van der Waals surface area contributed by atoms with E-state index >= 15 is 0 Å². The summed E-state index contributed by atoms with van der Waals surface area (Å²) in [6, 6.07) is 8.67. The van der Waals surface area contributed by atoms with Crippen LogP contribution in [0, 0.1) is 6.92 Å². The van der Waals surface area contributed by atoms with E-state index in [1.54, 1.807) is 37.3 Å². The molecule has 0 aliphatic rings. The molecular weight excluding hydrogens is 370 g/mol. The average molecular weight is 381 g/mol. The molecule has 102 valence electrons. The Labute approximate surface area is 129 Å². The fourth-order valence-electron chi connectivity index (χ4n) is 1.56. The zero-order valence-corrected chi connectivity index (χ0v) is 14.0. The second-order valence-corrected chi connectivity index (χ2v) is 8.73. The maximum absolute atomic E-state index is 12.2. The van der Waals surface area contributed by atoms with E-state index < -0.39 is 10.0 Å². The monoisotopic (exact) mass is 379 g/mol. The number of sulfonamides is 1. The van der Waals surface area contributed by atoms with Crippen molar-refractivity contribution in [1.82, 2.24) is 4.72 Å². The molecule has 3 nitrogen and oxygen atoms in total. The fourth-order valence-corrected chi connectivity index (χ4v) is 5.11. The Morgan fingerprint density at radius 1 is 1.32 bits per heavy atom. The second-order valence-electron chi connectivity index (χ2n) is 3.92. The molecule has 0 aliphatic heterocycles. The Balaban J connectivity index is 2.14. The lowest BCUT2D eigenvalue weighted by molar-refractivity contribution is 0.581. The lowest BCUT2D eigenvalue weighted by Crippen LogP contribution is -2.23. The summed E-state index contributed by atoms with van der Waals surface area (Å²) in [5.41, 5.74) is 0.861. The molecule has 0 radical (unpaired) electrons. The van der Waals surface area contributed by atoms with Crippen LogP contribution in [0.25, 0.3) is 0 Å². The third kappa shape index (κ3) is 3.79. The zero-order valence-electron chi connectivity index (χ0n) is 9.98. The highest BCUT2D eigenvalue weighted by molar-refractivity contribution is 9.11. The summed E-state index contributed by atoms with van der Waals surface area (Å²) in [5, 5.41) is 0.629. The molecule has 1 heterocycles. The number of nitrogens with one attached hydrogen (secondary N) is 1. The third-order valence-electron chi connectivity index (χ3n) is 2.51. The molecule has 1 aromatic carbocycles. The number of hydrogen-bond donors (Lipinski definition) is 1. The van der Waals surface area contributed by atoms with Crippen LogP contribution in [0.4, 0.5) is 0 Å². The summed E-state index contributed by atoms with van der Waals surface area (Å²) in [6.45, 7) is 2.03. The minimum atomic E-state index is -3.48. The lowest BCUT2D eigenvalue weighted by atomic mass is 10.2. The highest BCUT2D eigenvalue weighted by Gasteiger charge is 2.18. The van der Waals surface area contributed by atoms with E-state index in [0.29, 0.717) is 9.92 Å². The second kappa shape index (κ2) is 5.93. The van der Waals surface area contributed by atoms with E-state index in [9.17, 15) is 8.42 Å². The van der Waals surface area contributed by atoms with Crippen molar-refractivity contribution in [1.29, 1.82) is 0 Å². The Bertz CT molecular complexity index is 680. The fraction of sp³-hybridized carbons (Fsp3) is 0.167. The zero-order chi connectivity index (χ0) is 14.0. The largest absolute Gasteiger partial charge is 0.242 e. The van der Waals surface area contributed by atoms with E-state index in [1.165, 1.54) is 11.3 Å². The van der Waals surface area contributed by atoms with Crippen molar-refractivity contribution in [2.45, 2.75) is 18.4 Å². The van der Waals surface area contributed by atoms with E-state index in [2.05, 4.69) is 20.7 Å². The molecule has 1 aromatic heterocycles. The molecule has 1 N–H and O–H groups in total. The van der Waals surface area contributed by atoms with Crippen molar-refractivity contribution in [3.8, 4) is 0 Å². The van der Waals surface area contributed by atoms with E-state index in [4.69, 9.17) is 11.6 Å². The smallest absolute Gasteiger partial charge is 0.207 e. The van der Waals surface area contributed by atoms with Crippen molar-refractivity contribution in [3.05, 3.63) is 49.6 Å². The van der Waals surface area contributed by atoms with Gasteiger partial charge >= 0.3 is 0 Å². The summed E-state index contributed by atoms with van der Waals surface area (Å²) in [7, 11) is -3.48. The van der Waals surface area contributed by atoms with Crippen LogP contribution >= 0.6 is 38.9 Å². The first-order chi connectivity index (χ1) is 8.88. The summed E-state index contributed by atoms with van der Waals surface area (Å²) < 4.78 is 27.7. The number of halogens is 2. The number of thiophene rings is 1. The molecule has 0 bridgehead atoms. The SMILES string of the molecule is Cc1sc(Br)cc1S(=O)(=O)NCc1ccc(Cl)cc1. The van der Waals surface area contributed by atoms with Gasteiger partial charge in [0.2, 0.25) is 10.0 Å². The Hall–Kier alpha value is -0.400. The number of aryl methyl sites for hydroxylation is 1. The van der Waals surface area contributed by atoms with Gasteiger partial charge in [0.25, 0.3) is 0 Å². The summed E-state index contributed by atoms with van der Waals surface area (Å²) in [5.74, 6) is 0. The minimum absolute atomic E-state index is 0.242. The van der Waals surface area contributed by atoms with Gasteiger partial charge in [-0.3, -0.25) is 0 Å². The van der Waals surface area contributed by atoms with E-state index in [-0.39, 0.29) is 6.54 Å². The number of rotatable bonds is 4. The van der Waals surface area contributed by atoms with E-state index in [1.807, 2.05) is 0 Å². The molecule has 2 aromatic rings. The average Bonchev–Trinajstić information content (AvgIpc) is 2.69. The molecule has 0 fully saturated rings. The van der Waals surface area contributed by atoms with Gasteiger partial charge in [-0.2, -0.15) is 0 Å². The van der Waals surface area contributed by atoms with Crippen LogP contribution in [0.2, 0.25) is 5.02 Å². The first kappa shape index (κ1) is 15.0. The van der Waals surface area contributed by atoms with Crippen molar-refractivity contribution in [2.75, 3.05) is 0 Å². The Kier molecular flexibility index (Phi) is 4.68. The van der Waals surface area contributed by atoms with Crippen LogP contribution in [0.15, 0.2) is 39.0 Å². The van der Waals surface area contributed by atoms with Gasteiger partial charge in [0.05, 0.1) is 8.68 Å². The minimum Gasteiger partial charge on any atom is -0.207 e. The van der Waals surface area contributed by atoms with Crippen LogP contribution in [-0.2, 0) is 16.6 Å².